The topological polar surface area (TPSA) is 105 Å². The molecule has 3 atom stereocenters. The Morgan fingerprint density at radius 1 is 1.13 bits per heavy atom. The van der Waals surface area contributed by atoms with Gasteiger partial charge in [-0.15, -0.1) is 0 Å². The van der Waals surface area contributed by atoms with E-state index in [0.29, 0.717) is 32.4 Å². The van der Waals surface area contributed by atoms with E-state index < -0.39 is 12.1 Å². The van der Waals surface area contributed by atoms with E-state index in [2.05, 4.69) is 10.6 Å². The van der Waals surface area contributed by atoms with Crippen LogP contribution in [-0.4, -0.2) is 59.8 Å². The number of nitrogens with two attached hydrogens (primary N) is 1. The number of hydrogen-bond acceptors (Lipinski definition) is 5. The number of rotatable bonds is 9. The molecule has 1 aliphatic rings. The van der Waals surface area contributed by atoms with Crippen LogP contribution in [0.5, 0.6) is 0 Å². The maximum absolute atomic E-state index is 12.6. The van der Waals surface area contributed by atoms with Crippen LogP contribution in [-0.2, 0) is 14.4 Å². The number of benzene rings is 1. The summed E-state index contributed by atoms with van der Waals surface area (Å²) in [5.74, 6) is 0.272. The first-order chi connectivity index (χ1) is 14.3. The molecule has 30 heavy (non-hydrogen) atoms. The summed E-state index contributed by atoms with van der Waals surface area (Å²) in [6.07, 6.45) is 3.82. The molecule has 8 heteroatoms. The second-order valence-corrected chi connectivity index (χ2v) is 8.84. The van der Waals surface area contributed by atoms with Gasteiger partial charge in [-0.25, -0.2) is 0 Å². The average molecular weight is 435 g/mol. The van der Waals surface area contributed by atoms with Crippen molar-refractivity contribution in [3.05, 3.63) is 35.9 Å². The number of nitrogens with zero attached hydrogens (tertiary/aromatic N) is 1. The highest BCUT2D eigenvalue weighted by atomic mass is 32.2. The molecule has 1 heterocycles. The summed E-state index contributed by atoms with van der Waals surface area (Å²) in [4.78, 5) is 39.2. The minimum Gasteiger partial charge on any atom is -0.348 e. The monoisotopic (exact) mass is 434 g/mol. The molecule has 1 aromatic carbocycles. The number of carbonyl (C=O) groups excluding carboxylic acids is 3. The molecule has 0 unspecified atom stereocenters. The standard InChI is InChI=1S/C22H34N4O3S/c1-15(17-7-5-4-6-8-17)24-20(27)16(2)25-21(28)18-9-12-26(13-10-18)22(29)19(23)11-14-30-3/h4-8,15-16,18-19H,9-14,23H2,1-3H3,(H,24,27)(H,25,28)/t15-,16-,19+/m1/s1. The molecule has 0 aromatic heterocycles. The quantitative estimate of drug-likeness (QED) is 0.549. The first kappa shape index (κ1) is 24.2. The van der Waals surface area contributed by atoms with Crippen LogP contribution in [0.1, 0.15) is 44.7 Å². The summed E-state index contributed by atoms with van der Waals surface area (Å²) >= 11 is 1.67. The van der Waals surface area contributed by atoms with Crippen molar-refractivity contribution in [3.8, 4) is 0 Å². The molecule has 0 bridgehead atoms. The van der Waals surface area contributed by atoms with Gasteiger partial charge < -0.3 is 21.3 Å². The lowest BCUT2D eigenvalue weighted by Gasteiger charge is -2.33. The highest BCUT2D eigenvalue weighted by Crippen LogP contribution is 2.19. The van der Waals surface area contributed by atoms with Crippen LogP contribution >= 0.6 is 11.8 Å². The van der Waals surface area contributed by atoms with E-state index in [4.69, 9.17) is 5.73 Å². The Hall–Kier alpha value is -2.06. The van der Waals surface area contributed by atoms with Gasteiger partial charge in [-0.2, -0.15) is 11.8 Å². The number of thioether (sulfide) groups is 1. The largest absolute Gasteiger partial charge is 0.348 e. The molecule has 0 radical (unpaired) electrons. The summed E-state index contributed by atoms with van der Waals surface area (Å²) in [5, 5.41) is 5.75. The zero-order chi connectivity index (χ0) is 22.1. The Labute approximate surface area is 183 Å². The highest BCUT2D eigenvalue weighted by molar-refractivity contribution is 7.98. The molecular formula is C22H34N4O3S. The minimum absolute atomic E-state index is 0.0365. The summed E-state index contributed by atoms with van der Waals surface area (Å²) in [7, 11) is 0. The van der Waals surface area contributed by atoms with Crippen molar-refractivity contribution in [3.63, 3.8) is 0 Å². The van der Waals surface area contributed by atoms with E-state index >= 15 is 0 Å². The number of piperidine rings is 1. The van der Waals surface area contributed by atoms with Crippen molar-refractivity contribution in [2.45, 2.75) is 51.2 Å². The van der Waals surface area contributed by atoms with E-state index in [9.17, 15) is 14.4 Å². The minimum atomic E-state index is -0.622. The number of carbonyl (C=O) groups is 3. The van der Waals surface area contributed by atoms with Crippen molar-refractivity contribution in [2.24, 2.45) is 11.7 Å². The number of amides is 3. The lowest BCUT2D eigenvalue weighted by Crippen LogP contribution is -2.51. The second-order valence-electron chi connectivity index (χ2n) is 7.86. The normalized spacial score (nSPS) is 17.7. The maximum atomic E-state index is 12.6. The molecule has 1 saturated heterocycles. The zero-order valence-electron chi connectivity index (χ0n) is 18.1. The molecule has 166 valence electrons. The fourth-order valence-corrected chi connectivity index (χ4v) is 4.01. The van der Waals surface area contributed by atoms with Crippen molar-refractivity contribution in [1.82, 2.24) is 15.5 Å². The molecular weight excluding hydrogens is 400 g/mol. The molecule has 1 aromatic rings. The molecule has 1 fully saturated rings. The Morgan fingerprint density at radius 2 is 1.77 bits per heavy atom. The third kappa shape index (κ3) is 7.02. The van der Waals surface area contributed by atoms with Crippen LogP contribution in [0.15, 0.2) is 30.3 Å². The predicted octanol–water partition coefficient (Wildman–Crippen LogP) is 1.69. The zero-order valence-corrected chi connectivity index (χ0v) is 18.9. The molecule has 0 saturated carbocycles. The maximum Gasteiger partial charge on any atom is 0.242 e. The van der Waals surface area contributed by atoms with E-state index in [1.807, 2.05) is 43.5 Å². The van der Waals surface area contributed by atoms with Crippen LogP contribution in [0.2, 0.25) is 0 Å². The molecule has 0 aliphatic carbocycles. The number of hydrogen-bond donors (Lipinski definition) is 3. The van der Waals surface area contributed by atoms with Crippen molar-refractivity contribution < 1.29 is 14.4 Å². The van der Waals surface area contributed by atoms with Gasteiger partial charge in [-0.3, -0.25) is 14.4 Å². The summed E-state index contributed by atoms with van der Waals surface area (Å²) in [5.41, 5.74) is 6.99. The Bertz CT molecular complexity index is 708. The third-order valence-electron chi connectivity index (χ3n) is 5.54. The van der Waals surface area contributed by atoms with Crippen LogP contribution in [0.25, 0.3) is 0 Å². The van der Waals surface area contributed by atoms with E-state index in [0.717, 1.165) is 11.3 Å². The van der Waals surface area contributed by atoms with Crippen LogP contribution in [0.3, 0.4) is 0 Å². The van der Waals surface area contributed by atoms with Gasteiger partial charge in [0.2, 0.25) is 17.7 Å². The Kier molecular flexibility index (Phi) is 9.65. The first-order valence-electron chi connectivity index (χ1n) is 10.5. The molecule has 3 amide bonds. The van der Waals surface area contributed by atoms with E-state index in [1.54, 1.807) is 23.6 Å². The SMILES string of the molecule is CSCC[C@H](N)C(=O)N1CCC(C(=O)N[C@H](C)C(=O)N[C@H](C)c2ccccc2)CC1. The van der Waals surface area contributed by atoms with Crippen molar-refractivity contribution in [2.75, 3.05) is 25.1 Å². The second kappa shape index (κ2) is 12.0. The van der Waals surface area contributed by atoms with E-state index in [1.165, 1.54) is 0 Å². The van der Waals surface area contributed by atoms with Crippen molar-refractivity contribution >= 4 is 29.5 Å². The van der Waals surface area contributed by atoms with Gasteiger partial charge in [0.15, 0.2) is 0 Å². The Morgan fingerprint density at radius 3 is 2.37 bits per heavy atom. The van der Waals surface area contributed by atoms with E-state index in [-0.39, 0.29) is 29.7 Å². The summed E-state index contributed by atoms with van der Waals surface area (Å²) < 4.78 is 0. The first-order valence-corrected chi connectivity index (χ1v) is 11.9. The number of likely N-dealkylation sites (tertiary alicyclic amines) is 1. The van der Waals surface area contributed by atoms with Crippen LogP contribution in [0.4, 0.5) is 0 Å². The third-order valence-corrected chi connectivity index (χ3v) is 6.18. The summed E-state index contributed by atoms with van der Waals surface area (Å²) in [6.45, 7) is 4.65. The van der Waals surface area contributed by atoms with Gasteiger partial charge in [-0.05, 0) is 50.7 Å². The Balaban J connectivity index is 1.77. The van der Waals surface area contributed by atoms with Gasteiger partial charge in [0, 0.05) is 19.0 Å². The molecule has 2 rings (SSSR count). The van der Waals surface area contributed by atoms with Crippen molar-refractivity contribution in [1.29, 1.82) is 0 Å². The fraction of sp³-hybridized carbons (Fsp3) is 0.591. The average Bonchev–Trinajstić information content (AvgIpc) is 2.77. The van der Waals surface area contributed by atoms with Gasteiger partial charge in [-0.1, -0.05) is 30.3 Å². The van der Waals surface area contributed by atoms with Gasteiger partial charge in [0.05, 0.1) is 12.1 Å². The van der Waals surface area contributed by atoms with Gasteiger partial charge in [0.1, 0.15) is 6.04 Å². The lowest BCUT2D eigenvalue weighted by atomic mass is 9.95. The van der Waals surface area contributed by atoms with Gasteiger partial charge >= 0.3 is 0 Å². The molecule has 4 N–H and O–H groups in total. The molecule has 0 spiro atoms. The smallest absolute Gasteiger partial charge is 0.242 e. The lowest BCUT2D eigenvalue weighted by molar-refractivity contribution is -0.137. The van der Waals surface area contributed by atoms with Gasteiger partial charge in [0.25, 0.3) is 0 Å². The van der Waals surface area contributed by atoms with Crippen LogP contribution in [0, 0.1) is 5.92 Å². The fourth-order valence-electron chi connectivity index (χ4n) is 3.53. The highest BCUT2D eigenvalue weighted by Gasteiger charge is 2.30. The predicted molar refractivity (Wildman–Crippen MR) is 121 cm³/mol. The summed E-state index contributed by atoms with van der Waals surface area (Å²) in [6, 6.07) is 8.46. The molecule has 1 aliphatic heterocycles. The van der Waals surface area contributed by atoms with Crippen LogP contribution < -0.4 is 16.4 Å². The number of nitrogens with one attached hydrogen (secondary N) is 2. The molecule has 7 nitrogen and oxygen atoms in total.